The number of halogens is 2. The van der Waals surface area contributed by atoms with Crippen molar-refractivity contribution in [2.24, 2.45) is 5.41 Å². The van der Waals surface area contributed by atoms with Gasteiger partial charge < -0.3 is 11.1 Å². The van der Waals surface area contributed by atoms with Crippen molar-refractivity contribution < 1.29 is 4.79 Å². The molecule has 0 radical (unpaired) electrons. The molecule has 4 nitrogen and oxygen atoms in total. The number of benzene rings is 1. The van der Waals surface area contributed by atoms with Gasteiger partial charge in [-0.2, -0.15) is 0 Å². The van der Waals surface area contributed by atoms with Crippen LogP contribution in [0.25, 0.3) is 0 Å². The van der Waals surface area contributed by atoms with Crippen LogP contribution in [0, 0.1) is 5.41 Å². The highest BCUT2D eigenvalue weighted by Crippen LogP contribution is 2.32. The van der Waals surface area contributed by atoms with Gasteiger partial charge in [0, 0.05) is 11.7 Å². The molecule has 0 aliphatic carbocycles. The van der Waals surface area contributed by atoms with Crippen LogP contribution in [0.5, 0.6) is 0 Å². The van der Waals surface area contributed by atoms with Crippen molar-refractivity contribution in [2.75, 3.05) is 24.6 Å². The minimum Gasteiger partial charge on any atom is -0.399 e. The molecule has 0 spiro atoms. The average molecular weight is 332 g/mol. The molecule has 0 aromatic heterocycles. The Kier molecular flexibility index (Phi) is 5.91. The fraction of sp³-hybridized carbons (Fsp3) is 0.533. The number of likely N-dealkylation sites (N-methyl/N-ethyl adjacent to an activating group) is 1. The van der Waals surface area contributed by atoms with Gasteiger partial charge >= 0.3 is 0 Å². The summed E-state index contributed by atoms with van der Waals surface area (Å²) in [5.74, 6) is -0.165. The molecule has 1 rings (SSSR count). The van der Waals surface area contributed by atoms with Crippen molar-refractivity contribution in [2.45, 2.75) is 33.7 Å². The number of nitrogens with one attached hydrogen (secondary N) is 1. The molecule has 1 unspecified atom stereocenters. The maximum Gasteiger partial charge on any atom is 0.238 e. The Hall–Kier alpha value is -0.970. The molecule has 1 amide bonds. The summed E-state index contributed by atoms with van der Waals surface area (Å²) in [5, 5.41) is 3.41. The zero-order valence-electron chi connectivity index (χ0n) is 13.1. The van der Waals surface area contributed by atoms with E-state index in [-0.39, 0.29) is 23.9 Å². The number of nitrogens with two attached hydrogens (primary N) is 1. The van der Waals surface area contributed by atoms with Crippen LogP contribution >= 0.6 is 23.2 Å². The third-order valence-electron chi connectivity index (χ3n) is 3.64. The van der Waals surface area contributed by atoms with Crippen molar-refractivity contribution >= 4 is 40.5 Å². The van der Waals surface area contributed by atoms with E-state index in [1.807, 2.05) is 11.9 Å². The Balaban J connectivity index is 2.75. The third-order valence-corrected chi connectivity index (χ3v) is 4.23. The smallest absolute Gasteiger partial charge is 0.238 e. The van der Waals surface area contributed by atoms with Crippen molar-refractivity contribution in [1.29, 1.82) is 0 Å². The van der Waals surface area contributed by atoms with Crippen LogP contribution in [-0.4, -0.2) is 30.4 Å². The van der Waals surface area contributed by atoms with Gasteiger partial charge in [-0.05, 0) is 31.5 Å². The molecule has 0 heterocycles. The first-order valence-electron chi connectivity index (χ1n) is 6.77. The Bertz CT molecular complexity index is 503. The molecule has 3 N–H and O–H groups in total. The summed E-state index contributed by atoms with van der Waals surface area (Å²) in [5.41, 5.74) is 6.58. The normalized spacial score (nSPS) is 13.3. The molecule has 0 saturated carbocycles. The SMILES string of the molecule is CC(N(C)CC(=O)Nc1c(Cl)cc(N)cc1Cl)C(C)(C)C. The van der Waals surface area contributed by atoms with Gasteiger partial charge in [-0.3, -0.25) is 9.69 Å². The number of carbonyl (C=O) groups excluding carboxylic acids is 1. The third kappa shape index (κ3) is 5.06. The molecular weight excluding hydrogens is 309 g/mol. The van der Waals surface area contributed by atoms with E-state index in [1.165, 1.54) is 0 Å². The van der Waals surface area contributed by atoms with Crippen LogP contribution in [0.4, 0.5) is 11.4 Å². The van der Waals surface area contributed by atoms with E-state index in [2.05, 4.69) is 33.0 Å². The largest absolute Gasteiger partial charge is 0.399 e. The number of rotatable bonds is 4. The number of nitrogen functional groups attached to an aromatic ring is 1. The molecule has 0 bridgehead atoms. The predicted octanol–water partition coefficient (Wildman–Crippen LogP) is 3.88. The molecule has 118 valence electrons. The van der Waals surface area contributed by atoms with Gasteiger partial charge in [0.2, 0.25) is 5.91 Å². The van der Waals surface area contributed by atoms with E-state index in [0.717, 1.165) is 0 Å². The van der Waals surface area contributed by atoms with Gasteiger partial charge in [-0.25, -0.2) is 0 Å². The standard InChI is InChI=1S/C15H23Cl2N3O/c1-9(15(2,3)4)20(5)8-13(21)19-14-11(16)6-10(18)7-12(14)17/h6-7,9H,8,18H2,1-5H3,(H,19,21). The molecule has 21 heavy (non-hydrogen) atoms. The zero-order chi connectivity index (χ0) is 16.4. The van der Waals surface area contributed by atoms with E-state index in [1.54, 1.807) is 12.1 Å². The highest BCUT2D eigenvalue weighted by molar-refractivity contribution is 6.40. The van der Waals surface area contributed by atoms with Crippen LogP contribution in [0.1, 0.15) is 27.7 Å². The van der Waals surface area contributed by atoms with Gasteiger partial charge in [0.15, 0.2) is 0 Å². The Morgan fingerprint density at radius 1 is 1.33 bits per heavy atom. The topological polar surface area (TPSA) is 58.4 Å². The summed E-state index contributed by atoms with van der Waals surface area (Å²) in [6.07, 6.45) is 0. The van der Waals surface area contributed by atoms with Crippen LogP contribution in [0.3, 0.4) is 0 Å². The van der Waals surface area contributed by atoms with E-state index in [9.17, 15) is 4.79 Å². The molecule has 1 atom stereocenters. The average Bonchev–Trinajstić information content (AvgIpc) is 2.31. The lowest BCUT2D eigenvalue weighted by Gasteiger charge is -2.34. The summed E-state index contributed by atoms with van der Waals surface area (Å²) >= 11 is 12.1. The maximum atomic E-state index is 12.1. The van der Waals surface area contributed by atoms with Crippen LogP contribution in [0.15, 0.2) is 12.1 Å². The number of hydrogen-bond acceptors (Lipinski definition) is 3. The molecule has 0 aliphatic heterocycles. The van der Waals surface area contributed by atoms with Gasteiger partial charge in [0.25, 0.3) is 0 Å². The van der Waals surface area contributed by atoms with Crippen molar-refractivity contribution in [3.05, 3.63) is 22.2 Å². The molecule has 1 aromatic carbocycles. The summed E-state index contributed by atoms with van der Waals surface area (Å²) < 4.78 is 0. The van der Waals surface area contributed by atoms with Crippen molar-refractivity contribution in [3.63, 3.8) is 0 Å². The maximum absolute atomic E-state index is 12.1. The Morgan fingerprint density at radius 2 is 1.81 bits per heavy atom. The fourth-order valence-electron chi connectivity index (χ4n) is 1.92. The first-order chi connectivity index (χ1) is 9.52. The van der Waals surface area contributed by atoms with Gasteiger partial charge in [-0.1, -0.05) is 44.0 Å². The number of carbonyl (C=O) groups is 1. The van der Waals surface area contributed by atoms with E-state index < -0.39 is 0 Å². The Morgan fingerprint density at radius 3 is 2.24 bits per heavy atom. The first kappa shape index (κ1) is 18.1. The summed E-state index contributed by atoms with van der Waals surface area (Å²) in [6.45, 7) is 8.77. The fourth-order valence-corrected chi connectivity index (χ4v) is 2.51. The molecular formula is C15H23Cl2N3O. The number of amides is 1. The van der Waals surface area contributed by atoms with Crippen LogP contribution in [0.2, 0.25) is 10.0 Å². The quantitative estimate of drug-likeness (QED) is 0.823. The van der Waals surface area contributed by atoms with Gasteiger partial charge in [-0.15, -0.1) is 0 Å². The molecule has 0 saturated heterocycles. The minimum atomic E-state index is -0.165. The summed E-state index contributed by atoms with van der Waals surface area (Å²) in [6, 6.07) is 3.37. The monoisotopic (exact) mass is 331 g/mol. The van der Waals surface area contributed by atoms with Crippen molar-refractivity contribution in [1.82, 2.24) is 4.90 Å². The number of nitrogens with zero attached hydrogens (tertiary/aromatic N) is 1. The lowest BCUT2D eigenvalue weighted by atomic mass is 9.87. The van der Waals surface area contributed by atoms with E-state index in [0.29, 0.717) is 21.4 Å². The second kappa shape index (κ2) is 6.86. The number of hydrogen-bond donors (Lipinski definition) is 2. The minimum absolute atomic E-state index is 0.0888. The lowest BCUT2D eigenvalue weighted by Crippen LogP contribution is -2.43. The molecule has 0 fully saturated rings. The number of anilines is 2. The van der Waals surface area contributed by atoms with E-state index in [4.69, 9.17) is 28.9 Å². The van der Waals surface area contributed by atoms with Crippen LogP contribution < -0.4 is 11.1 Å². The van der Waals surface area contributed by atoms with Crippen molar-refractivity contribution in [3.8, 4) is 0 Å². The Labute approximate surface area is 136 Å². The highest BCUT2D eigenvalue weighted by Gasteiger charge is 2.25. The zero-order valence-corrected chi connectivity index (χ0v) is 14.6. The molecule has 1 aromatic rings. The molecule has 0 aliphatic rings. The summed E-state index contributed by atoms with van der Waals surface area (Å²) in [7, 11) is 1.92. The lowest BCUT2D eigenvalue weighted by molar-refractivity contribution is -0.117. The highest BCUT2D eigenvalue weighted by atomic mass is 35.5. The van der Waals surface area contributed by atoms with Gasteiger partial charge in [0.1, 0.15) is 0 Å². The second-order valence-corrected chi connectivity index (χ2v) is 7.18. The van der Waals surface area contributed by atoms with Crippen LogP contribution in [-0.2, 0) is 4.79 Å². The van der Waals surface area contributed by atoms with E-state index >= 15 is 0 Å². The summed E-state index contributed by atoms with van der Waals surface area (Å²) in [4.78, 5) is 14.1. The predicted molar refractivity (Wildman–Crippen MR) is 91.1 cm³/mol. The second-order valence-electron chi connectivity index (χ2n) is 6.36. The first-order valence-corrected chi connectivity index (χ1v) is 7.52. The van der Waals surface area contributed by atoms with Gasteiger partial charge in [0.05, 0.1) is 22.3 Å². The molecule has 6 heteroatoms.